The van der Waals surface area contributed by atoms with Gasteiger partial charge in [-0.3, -0.25) is 4.79 Å². The molecule has 0 aliphatic rings. The lowest BCUT2D eigenvalue weighted by molar-refractivity contribution is -0.115. The van der Waals surface area contributed by atoms with E-state index >= 15 is 0 Å². The van der Waals surface area contributed by atoms with E-state index < -0.39 is 0 Å². The second-order valence-electron chi connectivity index (χ2n) is 4.84. The highest BCUT2D eigenvalue weighted by Crippen LogP contribution is 2.23. The number of amides is 1. The highest BCUT2D eigenvalue weighted by molar-refractivity contribution is 5.95. The molecule has 1 amide bonds. The van der Waals surface area contributed by atoms with Gasteiger partial charge < -0.3 is 11.1 Å². The number of nitrogens with two attached hydrogens (primary N) is 1. The maximum atomic E-state index is 13.5. The lowest BCUT2D eigenvalue weighted by atomic mass is 10.1. The number of benzene rings is 2. The van der Waals surface area contributed by atoms with Crippen molar-refractivity contribution in [2.45, 2.75) is 20.3 Å². The standard InChI is InChI=1S/C16H17FN2O/c1-10-7-14(18)15(8-11(10)2)19-16(20)9-12-5-3-4-6-13(12)17/h3-8H,9,18H2,1-2H3,(H,19,20). The summed E-state index contributed by atoms with van der Waals surface area (Å²) in [6.45, 7) is 3.90. The SMILES string of the molecule is Cc1cc(N)c(NC(=O)Cc2ccccc2F)cc1C. The molecule has 2 aromatic carbocycles. The first-order chi connectivity index (χ1) is 9.47. The van der Waals surface area contributed by atoms with Gasteiger partial charge in [0.15, 0.2) is 0 Å². The summed E-state index contributed by atoms with van der Waals surface area (Å²) in [5.74, 6) is -0.666. The molecular weight excluding hydrogens is 255 g/mol. The molecular formula is C16H17FN2O. The van der Waals surface area contributed by atoms with Crippen LogP contribution in [0.3, 0.4) is 0 Å². The minimum atomic E-state index is -0.379. The summed E-state index contributed by atoms with van der Waals surface area (Å²) in [5, 5.41) is 2.72. The maximum Gasteiger partial charge on any atom is 0.228 e. The fraction of sp³-hybridized carbons (Fsp3) is 0.188. The van der Waals surface area contributed by atoms with Crippen LogP contribution in [0.2, 0.25) is 0 Å². The van der Waals surface area contributed by atoms with Crippen LogP contribution >= 0.6 is 0 Å². The van der Waals surface area contributed by atoms with Gasteiger partial charge in [0.1, 0.15) is 5.82 Å². The van der Waals surface area contributed by atoms with E-state index in [2.05, 4.69) is 5.32 Å². The third-order valence-electron chi connectivity index (χ3n) is 3.25. The van der Waals surface area contributed by atoms with E-state index in [9.17, 15) is 9.18 Å². The van der Waals surface area contributed by atoms with E-state index in [1.54, 1.807) is 18.2 Å². The molecule has 2 rings (SSSR count). The minimum absolute atomic E-state index is 0.0148. The molecule has 0 aliphatic carbocycles. The average Bonchev–Trinajstić information content (AvgIpc) is 2.39. The van der Waals surface area contributed by atoms with Gasteiger partial charge in [0.05, 0.1) is 17.8 Å². The van der Waals surface area contributed by atoms with Crippen LogP contribution in [0.25, 0.3) is 0 Å². The van der Waals surface area contributed by atoms with E-state index in [0.717, 1.165) is 11.1 Å². The van der Waals surface area contributed by atoms with Gasteiger partial charge in [-0.25, -0.2) is 4.39 Å². The van der Waals surface area contributed by atoms with Crippen molar-refractivity contribution >= 4 is 17.3 Å². The molecule has 0 atom stereocenters. The molecule has 0 bridgehead atoms. The highest BCUT2D eigenvalue weighted by atomic mass is 19.1. The quantitative estimate of drug-likeness (QED) is 0.843. The number of carbonyl (C=O) groups excluding carboxylic acids is 1. The Kier molecular flexibility index (Phi) is 4.03. The number of anilines is 2. The first-order valence-electron chi connectivity index (χ1n) is 6.37. The summed E-state index contributed by atoms with van der Waals surface area (Å²) in [6, 6.07) is 9.87. The molecule has 0 saturated carbocycles. The Morgan fingerprint density at radius 1 is 1.20 bits per heavy atom. The van der Waals surface area contributed by atoms with E-state index in [0.29, 0.717) is 16.9 Å². The zero-order valence-corrected chi connectivity index (χ0v) is 11.5. The first-order valence-corrected chi connectivity index (χ1v) is 6.37. The van der Waals surface area contributed by atoms with Gasteiger partial charge in [-0.2, -0.15) is 0 Å². The van der Waals surface area contributed by atoms with E-state index in [1.165, 1.54) is 6.07 Å². The molecule has 2 aromatic rings. The molecule has 104 valence electrons. The predicted octanol–water partition coefficient (Wildman–Crippen LogP) is 3.21. The van der Waals surface area contributed by atoms with Crippen molar-refractivity contribution in [3.63, 3.8) is 0 Å². The predicted molar refractivity (Wildman–Crippen MR) is 79.1 cm³/mol. The molecule has 0 spiro atoms. The Labute approximate surface area is 117 Å². The van der Waals surface area contributed by atoms with Gasteiger partial charge in [0, 0.05) is 0 Å². The Morgan fingerprint density at radius 2 is 1.85 bits per heavy atom. The highest BCUT2D eigenvalue weighted by Gasteiger charge is 2.10. The maximum absolute atomic E-state index is 13.5. The van der Waals surface area contributed by atoms with Crippen LogP contribution in [-0.4, -0.2) is 5.91 Å². The fourth-order valence-electron chi connectivity index (χ4n) is 1.96. The zero-order chi connectivity index (χ0) is 14.7. The van der Waals surface area contributed by atoms with Crippen LogP contribution in [-0.2, 0) is 11.2 Å². The smallest absolute Gasteiger partial charge is 0.228 e. The van der Waals surface area contributed by atoms with E-state index in [1.807, 2.05) is 26.0 Å². The van der Waals surface area contributed by atoms with Crippen molar-refractivity contribution in [3.05, 3.63) is 58.9 Å². The van der Waals surface area contributed by atoms with Crippen LogP contribution in [0.15, 0.2) is 36.4 Å². The molecule has 0 fully saturated rings. The van der Waals surface area contributed by atoms with Gasteiger partial charge in [0.2, 0.25) is 5.91 Å². The average molecular weight is 272 g/mol. The molecule has 20 heavy (non-hydrogen) atoms. The second kappa shape index (κ2) is 5.74. The molecule has 0 heterocycles. The molecule has 3 N–H and O–H groups in total. The van der Waals surface area contributed by atoms with Crippen molar-refractivity contribution in [1.29, 1.82) is 0 Å². The summed E-state index contributed by atoms with van der Waals surface area (Å²) >= 11 is 0. The van der Waals surface area contributed by atoms with Crippen LogP contribution in [0.5, 0.6) is 0 Å². The van der Waals surface area contributed by atoms with E-state index in [4.69, 9.17) is 5.73 Å². The Balaban J connectivity index is 2.13. The largest absolute Gasteiger partial charge is 0.397 e. The van der Waals surface area contributed by atoms with Gasteiger partial charge >= 0.3 is 0 Å². The monoisotopic (exact) mass is 272 g/mol. The zero-order valence-electron chi connectivity index (χ0n) is 11.5. The summed E-state index contributed by atoms with van der Waals surface area (Å²) in [6.07, 6.45) is -0.0148. The summed E-state index contributed by atoms with van der Waals surface area (Å²) < 4.78 is 13.5. The summed E-state index contributed by atoms with van der Waals surface area (Å²) in [5.41, 5.74) is 9.42. The van der Waals surface area contributed by atoms with Crippen molar-refractivity contribution < 1.29 is 9.18 Å². The Hall–Kier alpha value is -2.36. The normalized spacial score (nSPS) is 10.3. The summed E-state index contributed by atoms with van der Waals surface area (Å²) in [4.78, 5) is 11.9. The molecule has 0 unspecified atom stereocenters. The molecule has 0 aromatic heterocycles. The van der Waals surface area contributed by atoms with Gasteiger partial charge in [-0.05, 0) is 48.7 Å². The minimum Gasteiger partial charge on any atom is -0.397 e. The van der Waals surface area contributed by atoms with Crippen molar-refractivity contribution in [1.82, 2.24) is 0 Å². The van der Waals surface area contributed by atoms with Gasteiger partial charge in [0.25, 0.3) is 0 Å². The number of hydrogen-bond acceptors (Lipinski definition) is 2. The Morgan fingerprint density at radius 3 is 2.55 bits per heavy atom. The number of aryl methyl sites for hydroxylation is 2. The van der Waals surface area contributed by atoms with Crippen molar-refractivity contribution in [3.8, 4) is 0 Å². The number of nitrogens with one attached hydrogen (secondary N) is 1. The van der Waals surface area contributed by atoms with Crippen LogP contribution in [0, 0.1) is 19.7 Å². The molecule has 4 heteroatoms. The number of rotatable bonds is 3. The van der Waals surface area contributed by atoms with Crippen molar-refractivity contribution in [2.75, 3.05) is 11.1 Å². The van der Waals surface area contributed by atoms with Gasteiger partial charge in [-0.1, -0.05) is 18.2 Å². The number of carbonyl (C=O) groups is 1. The molecule has 0 saturated heterocycles. The van der Waals surface area contributed by atoms with E-state index in [-0.39, 0.29) is 18.1 Å². The third kappa shape index (κ3) is 3.15. The number of hydrogen-bond donors (Lipinski definition) is 2. The molecule has 0 radical (unpaired) electrons. The number of halogens is 1. The summed E-state index contributed by atoms with van der Waals surface area (Å²) in [7, 11) is 0. The number of nitrogen functional groups attached to an aromatic ring is 1. The topological polar surface area (TPSA) is 55.1 Å². The third-order valence-corrected chi connectivity index (χ3v) is 3.25. The molecule has 0 aliphatic heterocycles. The van der Waals surface area contributed by atoms with Gasteiger partial charge in [-0.15, -0.1) is 0 Å². The fourth-order valence-corrected chi connectivity index (χ4v) is 1.96. The first kappa shape index (κ1) is 14.1. The second-order valence-corrected chi connectivity index (χ2v) is 4.84. The van der Waals surface area contributed by atoms with Crippen molar-refractivity contribution in [2.24, 2.45) is 0 Å². The van der Waals surface area contributed by atoms with Crippen LogP contribution in [0.4, 0.5) is 15.8 Å². The lowest BCUT2D eigenvalue weighted by Gasteiger charge is -2.11. The van der Waals surface area contributed by atoms with Crippen LogP contribution < -0.4 is 11.1 Å². The molecule has 3 nitrogen and oxygen atoms in total. The van der Waals surface area contributed by atoms with Crippen LogP contribution in [0.1, 0.15) is 16.7 Å². The lowest BCUT2D eigenvalue weighted by Crippen LogP contribution is -2.16. The Bertz CT molecular complexity index is 653.